The molecule has 7 heteroatoms. The van der Waals surface area contributed by atoms with E-state index >= 15 is 0 Å². The number of anilines is 2. The van der Waals surface area contributed by atoms with E-state index in [1.165, 1.54) is 0 Å². The first-order chi connectivity index (χ1) is 10.1. The van der Waals surface area contributed by atoms with Crippen LogP contribution in [-0.4, -0.2) is 40.2 Å². The van der Waals surface area contributed by atoms with Gasteiger partial charge in [0.1, 0.15) is 5.82 Å². The van der Waals surface area contributed by atoms with Gasteiger partial charge in [-0.1, -0.05) is 0 Å². The molecule has 0 saturated carbocycles. The molecule has 1 aromatic heterocycles. The topological polar surface area (TPSA) is 75.9 Å². The van der Waals surface area contributed by atoms with Crippen LogP contribution in [0.25, 0.3) is 0 Å². The van der Waals surface area contributed by atoms with Crippen molar-refractivity contribution in [2.75, 3.05) is 24.3 Å². The number of aromatic nitrogens is 4. The molecule has 0 saturated heterocycles. The predicted octanol–water partition coefficient (Wildman–Crippen LogP) is 1.47. The highest BCUT2D eigenvalue weighted by molar-refractivity contribution is 5.90. The molecule has 7 nitrogen and oxygen atoms in total. The number of hydrogen-bond donors (Lipinski definition) is 1. The van der Waals surface area contributed by atoms with Gasteiger partial charge in [-0.25, -0.2) is 4.68 Å². The lowest BCUT2D eigenvalue weighted by atomic mass is 10.2. The molecule has 0 aliphatic heterocycles. The van der Waals surface area contributed by atoms with Gasteiger partial charge in [0.25, 0.3) is 0 Å². The second kappa shape index (κ2) is 6.83. The van der Waals surface area contributed by atoms with Crippen LogP contribution in [0.5, 0.6) is 0 Å². The number of nitrogens with one attached hydrogen (secondary N) is 1. The molecule has 112 valence electrons. The maximum atomic E-state index is 11.9. The van der Waals surface area contributed by atoms with Crippen molar-refractivity contribution in [3.05, 3.63) is 30.1 Å². The van der Waals surface area contributed by atoms with Gasteiger partial charge in [0.2, 0.25) is 5.91 Å². The van der Waals surface area contributed by atoms with E-state index in [2.05, 4.69) is 20.8 Å². The maximum Gasteiger partial charge on any atom is 0.224 e. The van der Waals surface area contributed by atoms with Crippen molar-refractivity contribution in [2.45, 2.75) is 26.3 Å². The Bertz CT molecular complexity index is 590. The third kappa shape index (κ3) is 4.27. The molecule has 2 aromatic rings. The zero-order valence-corrected chi connectivity index (χ0v) is 12.6. The lowest BCUT2D eigenvalue weighted by Crippen LogP contribution is -2.13. The van der Waals surface area contributed by atoms with E-state index < -0.39 is 0 Å². The van der Waals surface area contributed by atoms with Crippen LogP contribution in [0.4, 0.5) is 11.4 Å². The van der Waals surface area contributed by atoms with Gasteiger partial charge < -0.3 is 10.2 Å². The van der Waals surface area contributed by atoms with Crippen LogP contribution in [0.2, 0.25) is 0 Å². The summed E-state index contributed by atoms with van der Waals surface area (Å²) in [5.41, 5.74) is 1.91. The summed E-state index contributed by atoms with van der Waals surface area (Å²) in [7, 11) is 3.96. The van der Waals surface area contributed by atoms with Gasteiger partial charge in [0.05, 0.1) is 0 Å². The Morgan fingerprint density at radius 1 is 1.29 bits per heavy atom. The van der Waals surface area contributed by atoms with Gasteiger partial charge in [-0.05, 0) is 48.0 Å². The molecule has 0 aliphatic rings. The minimum Gasteiger partial charge on any atom is -0.378 e. The lowest BCUT2D eigenvalue weighted by molar-refractivity contribution is -0.116. The summed E-state index contributed by atoms with van der Waals surface area (Å²) in [5.74, 6) is 0.757. The Labute approximate surface area is 123 Å². The van der Waals surface area contributed by atoms with Crippen molar-refractivity contribution < 1.29 is 4.79 Å². The number of aryl methyl sites for hydroxylation is 2. The molecule has 0 fully saturated rings. The van der Waals surface area contributed by atoms with Gasteiger partial charge in [-0.3, -0.25) is 4.79 Å². The van der Waals surface area contributed by atoms with E-state index in [0.717, 1.165) is 17.2 Å². The number of nitrogens with zero attached hydrogens (tertiary/aromatic N) is 5. The average Bonchev–Trinajstić information content (AvgIpc) is 2.85. The van der Waals surface area contributed by atoms with E-state index in [1.807, 2.05) is 50.2 Å². The summed E-state index contributed by atoms with van der Waals surface area (Å²) >= 11 is 0. The van der Waals surface area contributed by atoms with Crippen molar-refractivity contribution in [1.29, 1.82) is 0 Å². The molecule has 1 N–H and O–H groups in total. The average molecular weight is 288 g/mol. The molecule has 1 aromatic carbocycles. The monoisotopic (exact) mass is 288 g/mol. The molecule has 0 spiro atoms. The fourth-order valence-corrected chi connectivity index (χ4v) is 1.91. The minimum atomic E-state index is -0.00155. The van der Waals surface area contributed by atoms with Crippen LogP contribution >= 0.6 is 0 Å². The molecule has 0 unspecified atom stereocenters. The number of tetrazole rings is 1. The first-order valence-corrected chi connectivity index (χ1v) is 6.86. The lowest BCUT2D eigenvalue weighted by Gasteiger charge is -2.13. The quantitative estimate of drug-likeness (QED) is 0.871. The summed E-state index contributed by atoms with van der Waals surface area (Å²) < 4.78 is 1.69. The second-order valence-corrected chi connectivity index (χ2v) is 5.04. The molecule has 0 atom stereocenters. The molecule has 1 amide bonds. The molecular formula is C14H20N6O. The number of amides is 1. The van der Waals surface area contributed by atoms with Gasteiger partial charge in [0.15, 0.2) is 0 Å². The first kappa shape index (κ1) is 15.0. The minimum absolute atomic E-state index is 0.00155. The van der Waals surface area contributed by atoms with Crippen LogP contribution in [-0.2, 0) is 11.3 Å². The first-order valence-electron chi connectivity index (χ1n) is 6.86. The van der Waals surface area contributed by atoms with E-state index in [-0.39, 0.29) is 5.91 Å². The number of carbonyl (C=O) groups excluding carboxylic acids is 1. The molecule has 0 aliphatic carbocycles. The van der Waals surface area contributed by atoms with Crippen LogP contribution in [0.3, 0.4) is 0 Å². The summed E-state index contributed by atoms with van der Waals surface area (Å²) in [5, 5.41) is 14.1. The maximum absolute atomic E-state index is 11.9. The van der Waals surface area contributed by atoms with E-state index in [1.54, 1.807) is 4.68 Å². The van der Waals surface area contributed by atoms with Crippen LogP contribution in [0.15, 0.2) is 24.3 Å². The van der Waals surface area contributed by atoms with Crippen molar-refractivity contribution in [2.24, 2.45) is 0 Å². The Balaban J connectivity index is 1.78. The molecule has 0 bridgehead atoms. The zero-order chi connectivity index (χ0) is 15.2. The van der Waals surface area contributed by atoms with E-state index in [4.69, 9.17) is 0 Å². The fourth-order valence-electron chi connectivity index (χ4n) is 1.91. The predicted molar refractivity (Wildman–Crippen MR) is 81.2 cm³/mol. The number of carbonyl (C=O) groups is 1. The Hall–Kier alpha value is -2.44. The fraction of sp³-hybridized carbons (Fsp3) is 0.429. The third-order valence-electron chi connectivity index (χ3n) is 3.15. The molecule has 21 heavy (non-hydrogen) atoms. The molecule has 0 radical (unpaired) electrons. The van der Waals surface area contributed by atoms with Gasteiger partial charge in [0, 0.05) is 38.4 Å². The SMILES string of the molecule is Cc1nnnn1CCCC(=O)Nc1ccc(N(C)C)cc1. The highest BCUT2D eigenvalue weighted by Crippen LogP contribution is 2.15. The smallest absolute Gasteiger partial charge is 0.224 e. The normalized spacial score (nSPS) is 10.4. The summed E-state index contributed by atoms with van der Waals surface area (Å²) in [6, 6.07) is 7.75. The molecule has 2 rings (SSSR count). The standard InChI is InChI=1S/C14H20N6O/c1-11-16-17-18-20(11)10-4-5-14(21)15-12-6-8-13(9-7-12)19(2)3/h6-9H,4-5,10H2,1-3H3,(H,15,21). The number of rotatable bonds is 6. The number of benzene rings is 1. The van der Waals surface area contributed by atoms with Gasteiger partial charge >= 0.3 is 0 Å². The van der Waals surface area contributed by atoms with Crippen molar-refractivity contribution in [1.82, 2.24) is 20.2 Å². The van der Waals surface area contributed by atoms with Crippen LogP contribution in [0, 0.1) is 6.92 Å². The molecule has 1 heterocycles. The Kier molecular flexibility index (Phi) is 4.86. The number of hydrogen-bond acceptors (Lipinski definition) is 5. The Morgan fingerprint density at radius 3 is 2.57 bits per heavy atom. The van der Waals surface area contributed by atoms with Gasteiger partial charge in [-0.15, -0.1) is 5.10 Å². The van der Waals surface area contributed by atoms with Gasteiger partial charge in [-0.2, -0.15) is 0 Å². The summed E-state index contributed by atoms with van der Waals surface area (Å²) in [4.78, 5) is 13.9. The zero-order valence-electron chi connectivity index (χ0n) is 12.6. The van der Waals surface area contributed by atoms with Crippen LogP contribution < -0.4 is 10.2 Å². The third-order valence-corrected chi connectivity index (χ3v) is 3.15. The van der Waals surface area contributed by atoms with E-state index in [9.17, 15) is 4.79 Å². The highest BCUT2D eigenvalue weighted by Gasteiger charge is 2.05. The van der Waals surface area contributed by atoms with E-state index in [0.29, 0.717) is 19.4 Å². The van der Waals surface area contributed by atoms with Crippen molar-refractivity contribution >= 4 is 17.3 Å². The largest absolute Gasteiger partial charge is 0.378 e. The highest BCUT2D eigenvalue weighted by atomic mass is 16.1. The van der Waals surface area contributed by atoms with Crippen molar-refractivity contribution in [3.8, 4) is 0 Å². The summed E-state index contributed by atoms with van der Waals surface area (Å²) in [6.07, 6.45) is 1.14. The summed E-state index contributed by atoms with van der Waals surface area (Å²) in [6.45, 7) is 2.48. The Morgan fingerprint density at radius 2 is 2.00 bits per heavy atom. The molecular weight excluding hydrogens is 268 g/mol. The van der Waals surface area contributed by atoms with Crippen molar-refractivity contribution in [3.63, 3.8) is 0 Å². The van der Waals surface area contributed by atoms with Crippen LogP contribution in [0.1, 0.15) is 18.7 Å². The second-order valence-electron chi connectivity index (χ2n) is 5.04.